The van der Waals surface area contributed by atoms with Crippen molar-refractivity contribution in [3.63, 3.8) is 0 Å². The molecule has 0 saturated heterocycles. The van der Waals surface area contributed by atoms with Crippen LogP contribution in [0.1, 0.15) is 32.4 Å². The summed E-state index contributed by atoms with van der Waals surface area (Å²) in [5.41, 5.74) is 6.98. The number of rotatable bonds is 7. The quantitative estimate of drug-likeness (QED) is 0.837. The van der Waals surface area contributed by atoms with E-state index < -0.39 is 0 Å². The molecule has 0 aromatic heterocycles. The summed E-state index contributed by atoms with van der Waals surface area (Å²) in [6.45, 7) is 7.51. The molecule has 2 N–H and O–H groups in total. The van der Waals surface area contributed by atoms with E-state index in [1.165, 1.54) is 12.1 Å². The average Bonchev–Trinajstić information content (AvgIpc) is 2.42. The maximum Gasteiger partial charge on any atom is 0.236 e. The molecule has 0 radical (unpaired) electrons. The van der Waals surface area contributed by atoms with Gasteiger partial charge in [-0.3, -0.25) is 9.69 Å². The van der Waals surface area contributed by atoms with Gasteiger partial charge in [-0.25, -0.2) is 4.39 Å². The predicted octanol–water partition coefficient (Wildman–Crippen LogP) is 2.01. The summed E-state index contributed by atoms with van der Waals surface area (Å²) in [5, 5.41) is 0. The second-order valence-electron chi connectivity index (χ2n) is 5.34. The van der Waals surface area contributed by atoms with E-state index >= 15 is 0 Å². The molecule has 118 valence electrons. The Balaban J connectivity index is 2.85. The lowest BCUT2D eigenvalue weighted by Gasteiger charge is -2.32. The van der Waals surface area contributed by atoms with Crippen molar-refractivity contribution in [3.8, 4) is 0 Å². The number of amides is 1. The third-order valence-electron chi connectivity index (χ3n) is 3.69. The monoisotopic (exact) mass is 295 g/mol. The van der Waals surface area contributed by atoms with Crippen LogP contribution in [-0.4, -0.2) is 48.4 Å². The molecule has 1 aromatic carbocycles. The molecule has 1 aromatic rings. The summed E-state index contributed by atoms with van der Waals surface area (Å²) in [7, 11) is 1.87. The summed E-state index contributed by atoms with van der Waals surface area (Å²) in [6, 6.07) is 6.01. The van der Waals surface area contributed by atoms with E-state index in [2.05, 4.69) is 0 Å². The third-order valence-corrected chi connectivity index (χ3v) is 3.69. The van der Waals surface area contributed by atoms with Crippen molar-refractivity contribution in [1.29, 1.82) is 0 Å². The van der Waals surface area contributed by atoms with Gasteiger partial charge in [0, 0.05) is 25.2 Å². The molecule has 2 unspecified atom stereocenters. The Kier molecular flexibility index (Phi) is 6.78. The van der Waals surface area contributed by atoms with Crippen molar-refractivity contribution in [2.75, 3.05) is 26.7 Å². The molecular weight excluding hydrogens is 269 g/mol. The lowest BCUT2D eigenvalue weighted by atomic mass is 9.99. The number of benzene rings is 1. The maximum absolute atomic E-state index is 13.1. The highest BCUT2D eigenvalue weighted by atomic mass is 19.1. The Morgan fingerprint density at radius 3 is 2.19 bits per heavy atom. The molecule has 0 heterocycles. The molecule has 0 fully saturated rings. The molecule has 0 bridgehead atoms. The summed E-state index contributed by atoms with van der Waals surface area (Å²) >= 11 is 0. The SMILES string of the molecule is CCN(CC)C(=O)CN(C)C(c1ccc(F)cc1)C(C)N. The van der Waals surface area contributed by atoms with E-state index in [1.54, 1.807) is 17.0 Å². The molecule has 0 spiro atoms. The first kappa shape index (κ1) is 17.6. The van der Waals surface area contributed by atoms with Crippen LogP contribution < -0.4 is 5.73 Å². The maximum atomic E-state index is 13.1. The Morgan fingerprint density at radius 1 is 1.24 bits per heavy atom. The van der Waals surface area contributed by atoms with Gasteiger partial charge in [-0.15, -0.1) is 0 Å². The Morgan fingerprint density at radius 2 is 1.76 bits per heavy atom. The third kappa shape index (κ3) is 4.79. The number of halogens is 1. The van der Waals surface area contributed by atoms with Crippen LogP contribution in [0.4, 0.5) is 4.39 Å². The van der Waals surface area contributed by atoms with Crippen molar-refractivity contribution >= 4 is 5.91 Å². The second-order valence-corrected chi connectivity index (χ2v) is 5.34. The van der Waals surface area contributed by atoms with Gasteiger partial charge < -0.3 is 10.6 Å². The number of hydrogen-bond donors (Lipinski definition) is 1. The van der Waals surface area contributed by atoms with Gasteiger partial charge in [0.1, 0.15) is 5.82 Å². The molecule has 0 aliphatic carbocycles. The Bertz CT molecular complexity index is 443. The summed E-state index contributed by atoms with van der Waals surface area (Å²) in [5.74, 6) is -0.195. The van der Waals surface area contributed by atoms with Gasteiger partial charge in [0.15, 0.2) is 0 Å². The van der Waals surface area contributed by atoms with Crippen molar-refractivity contribution < 1.29 is 9.18 Å². The van der Waals surface area contributed by atoms with Crippen LogP contribution in [0.25, 0.3) is 0 Å². The fourth-order valence-electron chi connectivity index (χ4n) is 2.61. The second kappa shape index (κ2) is 8.10. The fraction of sp³-hybridized carbons (Fsp3) is 0.562. The van der Waals surface area contributed by atoms with Crippen molar-refractivity contribution in [1.82, 2.24) is 9.80 Å². The molecule has 4 nitrogen and oxygen atoms in total. The van der Waals surface area contributed by atoms with Crippen LogP contribution in [0.5, 0.6) is 0 Å². The zero-order valence-corrected chi connectivity index (χ0v) is 13.3. The van der Waals surface area contributed by atoms with Crippen LogP contribution >= 0.6 is 0 Å². The van der Waals surface area contributed by atoms with Gasteiger partial charge in [0.05, 0.1) is 6.54 Å². The standard InChI is InChI=1S/C16H26FN3O/c1-5-20(6-2)15(21)11-19(4)16(12(3)18)13-7-9-14(17)10-8-13/h7-10,12,16H,5-6,11,18H2,1-4H3. The number of nitrogens with two attached hydrogens (primary N) is 1. The Labute approximate surface area is 126 Å². The van der Waals surface area contributed by atoms with E-state index in [1.807, 2.05) is 32.7 Å². The molecule has 21 heavy (non-hydrogen) atoms. The topological polar surface area (TPSA) is 49.6 Å². The van der Waals surface area contributed by atoms with Crippen LogP contribution in [0, 0.1) is 5.82 Å². The van der Waals surface area contributed by atoms with Crippen molar-refractivity contribution in [2.45, 2.75) is 32.9 Å². The van der Waals surface area contributed by atoms with Crippen LogP contribution in [-0.2, 0) is 4.79 Å². The fourth-order valence-corrected chi connectivity index (χ4v) is 2.61. The van der Waals surface area contributed by atoms with Gasteiger partial charge in [0.25, 0.3) is 0 Å². The lowest BCUT2D eigenvalue weighted by molar-refractivity contribution is -0.132. The highest BCUT2D eigenvalue weighted by molar-refractivity contribution is 5.78. The minimum Gasteiger partial charge on any atom is -0.342 e. The van der Waals surface area contributed by atoms with E-state index in [-0.39, 0.29) is 23.8 Å². The van der Waals surface area contributed by atoms with Crippen LogP contribution in [0.3, 0.4) is 0 Å². The van der Waals surface area contributed by atoms with E-state index in [9.17, 15) is 9.18 Å². The molecule has 0 aliphatic heterocycles. The van der Waals surface area contributed by atoms with E-state index in [0.717, 1.165) is 5.56 Å². The summed E-state index contributed by atoms with van der Waals surface area (Å²) < 4.78 is 13.1. The molecule has 0 aliphatic rings. The largest absolute Gasteiger partial charge is 0.342 e. The first-order valence-corrected chi connectivity index (χ1v) is 7.39. The Hall–Kier alpha value is -1.46. The van der Waals surface area contributed by atoms with Gasteiger partial charge in [-0.2, -0.15) is 0 Å². The van der Waals surface area contributed by atoms with Crippen LogP contribution in [0.2, 0.25) is 0 Å². The molecule has 1 rings (SSSR count). The summed E-state index contributed by atoms with van der Waals surface area (Å²) in [6.07, 6.45) is 0. The van der Waals surface area contributed by atoms with Crippen LogP contribution in [0.15, 0.2) is 24.3 Å². The number of hydrogen-bond acceptors (Lipinski definition) is 3. The normalized spacial score (nSPS) is 14.0. The predicted molar refractivity (Wildman–Crippen MR) is 83.3 cm³/mol. The van der Waals surface area contributed by atoms with Gasteiger partial charge in [-0.05, 0) is 45.5 Å². The highest BCUT2D eigenvalue weighted by Crippen LogP contribution is 2.22. The van der Waals surface area contributed by atoms with Gasteiger partial charge in [-0.1, -0.05) is 12.1 Å². The minimum atomic E-state index is -0.274. The van der Waals surface area contributed by atoms with Gasteiger partial charge in [0.2, 0.25) is 5.91 Å². The number of likely N-dealkylation sites (N-methyl/N-ethyl adjacent to an activating group) is 2. The smallest absolute Gasteiger partial charge is 0.236 e. The minimum absolute atomic E-state index is 0.0789. The zero-order valence-electron chi connectivity index (χ0n) is 13.3. The number of nitrogens with zero attached hydrogens (tertiary/aromatic N) is 2. The first-order valence-electron chi connectivity index (χ1n) is 7.39. The molecule has 0 saturated carbocycles. The highest BCUT2D eigenvalue weighted by Gasteiger charge is 2.24. The molecule has 5 heteroatoms. The zero-order chi connectivity index (χ0) is 16.0. The van der Waals surface area contributed by atoms with Crippen molar-refractivity contribution in [2.24, 2.45) is 5.73 Å². The van der Waals surface area contributed by atoms with Crippen molar-refractivity contribution in [3.05, 3.63) is 35.6 Å². The summed E-state index contributed by atoms with van der Waals surface area (Å²) in [4.78, 5) is 15.9. The van der Waals surface area contributed by atoms with Gasteiger partial charge >= 0.3 is 0 Å². The molecule has 2 atom stereocenters. The molecule has 1 amide bonds. The lowest BCUT2D eigenvalue weighted by Crippen LogP contribution is -2.44. The number of carbonyl (C=O) groups is 1. The average molecular weight is 295 g/mol. The number of carbonyl (C=O) groups excluding carboxylic acids is 1. The van der Waals surface area contributed by atoms with E-state index in [4.69, 9.17) is 5.73 Å². The first-order chi connectivity index (χ1) is 9.90. The molecular formula is C16H26FN3O. The van der Waals surface area contributed by atoms with E-state index in [0.29, 0.717) is 19.6 Å².